The molecule has 2 N–H and O–H groups in total. The summed E-state index contributed by atoms with van der Waals surface area (Å²) in [6.07, 6.45) is -3.25. The number of carbonyl (C=O) groups excluding carboxylic acids is 1. The van der Waals surface area contributed by atoms with Crippen LogP contribution in [0.1, 0.15) is 12.5 Å². The second-order valence-electron chi connectivity index (χ2n) is 3.59. The van der Waals surface area contributed by atoms with E-state index in [9.17, 15) is 18.4 Å². The van der Waals surface area contributed by atoms with Crippen LogP contribution in [-0.2, 0) is 15.1 Å². The molecule has 4 nitrogen and oxygen atoms in total. The number of hydrogen-bond acceptors (Lipinski definition) is 2. The number of aliphatic carboxylic acids is 1. The molecule has 1 aromatic rings. The molecule has 0 spiro atoms. The van der Waals surface area contributed by atoms with Gasteiger partial charge in [0.05, 0.1) is 0 Å². The SMILES string of the molecule is CC(NC(=O)C(F)F)(C(=O)O)c1ccccc1. The van der Waals surface area contributed by atoms with E-state index in [0.29, 0.717) is 0 Å². The molecule has 0 aliphatic carbocycles. The maximum Gasteiger partial charge on any atom is 0.333 e. The van der Waals surface area contributed by atoms with E-state index in [-0.39, 0.29) is 5.56 Å². The monoisotopic (exact) mass is 243 g/mol. The zero-order chi connectivity index (χ0) is 13.1. The summed E-state index contributed by atoms with van der Waals surface area (Å²) >= 11 is 0. The van der Waals surface area contributed by atoms with Crippen LogP contribution >= 0.6 is 0 Å². The highest BCUT2D eigenvalue weighted by molar-refractivity contribution is 5.89. The summed E-state index contributed by atoms with van der Waals surface area (Å²) in [5.41, 5.74) is -1.64. The summed E-state index contributed by atoms with van der Waals surface area (Å²) in [7, 11) is 0. The molecule has 92 valence electrons. The Hall–Kier alpha value is -1.98. The lowest BCUT2D eigenvalue weighted by molar-refractivity contribution is -0.149. The zero-order valence-corrected chi connectivity index (χ0v) is 8.98. The molecule has 1 unspecified atom stereocenters. The first-order valence-electron chi connectivity index (χ1n) is 4.77. The molecule has 0 saturated heterocycles. The first kappa shape index (κ1) is 13.1. The van der Waals surface area contributed by atoms with E-state index in [4.69, 9.17) is 5.11 Å². The van der Waals surface area contributed by atoms with Crippen molar-refractivity contribution in [1.29, 1.82) is 0 Å². The number of alkyl halides is 2. The lowest BCUT2D eigenvalue weighted by Gasteiger charge is -2.26. The summed E-state index contributed by atoms with van der Waals surface area (Å²) in [6.45, 7) is 1.16. The van der Waals surface area contributed by atoms with Gasteiger partial charge in [-0.1, -0.05) is 30.3 Å². The highest BCUT2D eigenvalue weighted by atomic mass is 19.3. The number of rotatable bonds is 4. The van der Waals surface area contributed by atoms with Crippen LogP contribution in [0.25, 0.3) is 0 Å². The van der Waals surface area contributed by atoms with Crippen LogP contribution in [0, 0.1) is 0 Å². The normalized spacial score (nSPS) is 14.1. The van der Waals surface area contributed by atoms with Crippen molar-refractivity contribution in [2.75, 3.05) is 0 Å². The third-order valence-corrected chi connectivity index (χ3v) is 2.35. The van der Waals surface area contributed by atoms with Gasteiger partial charge in [0.1, 0.15) is 0 Å². The molecule has 17 heavy (non-hydrogen) atoms. The van der Waals surface area contributed by atoms with E-state index in [1.807, 2.05) is 5.32 Å². The number of benzene rings is 1. The summed E-state index contributed by atoms with van der Waals surface area (Å²) in [6, 6.07) is 7.66. The van der Waals surface area contributed by atoms with Crippen LogP contribution in [0.15, 0.2) is 30.3 Å². The topological polar surface area (TPSA) is 66.4 Å². The predicted molar refractivity (Wildman–Crippen MR) is 55.6 cm³/mol. The Morgan fingerprint density at radius 2 is 1.82 bits per heavy atom. The molecular weight excluding hydrogens is 232 g/mol. The molecule has 6 heteroatoms. The van der Waals surface area contributed by atoms with E-state index in [2.05, 4.69) is 0 Å². The van der Waals surface area contributed by atoms with Gasteiger partial charge in [-0.3, -0.25) is 4.79 Å². The van der Waals surface area contributed by atoms with Gasteiger partial charge in [-0.25, -0.2) is 4.79 Å². The Labute approximate surface area is 96.3 Å². The van der Waals surface area contributed by atoms with Gasteiger partial charge in [-0.15, -0.1) is 0 Å². The Morgan fingerprint density at radius 3 is 2.24 bits per heavy atom. The van der Waals surface area contributed by atoms with Crippen molar-refractivity contribution in [3.8, 4) is 0 Å². The molecule has 1 amide bonds. The van der Waals surface area contributed by atoms with Crippen molar-refractivity contribution in [3.05, 3.63) is 35.9 Å². The van der Waals surface area contributed by atoms with Gasteiger partial charge in [0, 0.05) is 0 Å². The van der Waals surface area contributed by atoms with E-state index in [1.165, 1.54) is 12.1 Å². The molecule has 0 heterocycles. The van der Waals surface area contributed by atoms with Crippen LogP contribution in [0.4, 0.5) is 8.78 Å². The summed E-state index contributed by atoms with van der Waals surface area (Å²) in [4.78, 5) is 22.0. The van der Waals surface area contributed by atoms with Crippen LogP contribution < -0.4 is 5.32 Å². The van der Waals surface area contributed by atoms with Crippen LogP contribution in [0.5, 0.6) is 0 Å². The minimum Gasteiger partial charge on any atom is -0.479 e. The van der Waals surface area contributed by atoms with Gasteiger partial charge in [-0.2, -0.15) is 8.78 Å². The largest absolute Gasteiger partial charge is 0.479 e. The van der Waals surface area contributed by atoms with E-state index in [1.54, 1.807) is 18.2 Å². The van der Waals surface area contributed by atoms with Crippen molar-refractivity contribution >= 4 is 11.9 Å². The number of hydrogen-bond donors (Lipinski definition) is 2. The fourth-order valence-electron chi connectivity index (χ4n) is 1.32. The average molecular weight is 243 g/mol. The van der Waals surface area contributed by atoms with Gasteiger partial charge in [-0.05, 0) is 12.5 Å². The summed E-state index contributed by atoms with van der Waals surface area (Å²) in [5.74, 6) is -3.02. The first-order valence-corrected chi connectivity index (χ1v) is 4.77. The highest BCUT2D eigenvalue weighted by Crippen LogP contribution is 2.21. The van der Waals surface area contributed by atoms with E-state index < -0.39 is 23.8 Å². The van der Waals surface area contributed by atoms with Crippen molar-refractivity contribution < 1.29 is 23.5 Å². The van der Waals surface area contributed by atoms with Crippen molar-refractivity contribution in [3.63, 3.8) is 0 Å². The lowest BCUT2D eigenvalue weighted by Crippen LogP contribution is -2.51. The standard InChI is InChI=1S/C11H11F2NO3/c1-11(10(16)17,14-9(15)8(12)13)7-5-3-2-4-6-7/h2-6,8H,1H3,(H,14,15)(H,16,17). The number of carboxylic acid groups (broad SMARTS) is 1. The number of nitrogens with one attached hydrogen (secondary N) is 1. The average Bonchev–Trinajstić information content (AvgIpc) is 2.29. The second kappa shape index (κ2) is 4.90. The number of carbonyl (C=O) groups is 2. The highest BCUT2D eigenvalue weighted by Gasteiger charge is 2.38. The lowest BCUT2D eigenvalue weighted by atomic mass is 9.92. The first-order chi connectivity index (χ1) is 7.88. The molecule has 1 rings (SSSR count). The zero-order valence-electron chi connectivity index (χ0n) is 8.98. The Balaban J connectivity index is 3.07. The fourth-order valence-corrected chi connectivity index (χ4v) is 1.32. The molecule has 1 aromatic carbocycles. The van der Waals surface area contributed by atoms with Crippen LogP contribution in [0.2, 0.25) is 0 Å². The van der Waals surface area contributed by atoms with Crippen LogP contribution in [-0.4, -0.2) is 23.4 Å². The minimum atomic E-state index is -3.25. The molecule has 0 saturated carbocycles. The third kappa shape index (κ3) is 2.77. The fraction of sp³-hybridized carbons (Fsp3) is 0.273. The van der Waals surface area contributed by atoms with Gasteiger partial charge < -0.3 is 10.4 Å². The smallest absolute Gasteiger partial charge is 0.333 e. The second-order valence-corrected chi connectivity index (χ2v) is 3.59. The third-order valence-electron chi connectivity index (χ3n) is 2.35. The Morgan fingerprint density at radius 1 is 1.29 bits per heavy atom. The van der Waals surface area contributed by atoms with Gasteiger partial charge in [0.2, 0.25) is 0 Å². The Bertz CT molecular complexity index is 422. The summed E-state index contributed by atoms with van der Waals surface area (Å²) < 4.78 is 24.3. The van der Waals surface area contributed by atoms with Crippen molar-refractivity contribution in [2.24, 2.45) is 0 Å². The number of halogens is 2. The maximum absolute atomic E-state index is 12.1. The molecule has 0 aliphatic heterocycles. The van der Waals surface area contributed by atoms with Crippen LogP contribution in [0.3, 0.4) is 0 Å². The quantitative estimate of drug-likeness (QED) is 0.839. The molecule has 1 atom stereocenters. The molecule has 0 aliphatic rings. The number of amides is 1. The molecule has 0 radical (unpaired) electrons. The number of carboxylic acids is 1. The molecule has 0 fully saturated rings. The van der Waals surface area contributed by atoms with Crippen molar-refractivity contribution in [2.45, 2.75) is 18.9 Å². The van der Waals surface area contributed by atoms with Gasteiger partial charge in [0.15, 0.2) is 5.54 Å². The Kier molecular flexibility index (Phi) is 3.77. The summed E-state index contributed by atoms with van der Waals surface area (Å²) in [5, 5.41) is 10.9. The predicted octanol–water partition coefficient (Wildman–Crippen LogP) is 1.37. The van der Waals surface area contributed by atoms with Gasteiger partial charge >= 0.3 is 12.4 Å². The van der Waals surface area contributed by atoms with Gasteiger partial charge in [0.25, 0.3) is 5.91 Å². The van der Waals surface area contributed by atoms with E-state index in [0.717, 1.165) is 6.92 Å². The molecule has 0 bridgehead atoms. The minimum absolute atomic E-state index is 0.224. The molecule has 0 aromatic heterocycles. The van der Waals surface area contributed by atoms with E-state index >= 15 is 0 Å². The molecular formula is C11H11F2NO3. The maximum atomic E-state index is 12.1. The van der Waals surface area contributed by atoms with Crippen molar-refractivity contribution in [1.82, 2.24) is 5.32 Å².